The van der Waals surface area contributed by atoms with Crippen molar-refractivity contribution in [2.45, 2.75) is 57.4 Å². The van der Waals surface area contributed by atoms with Crippen LogP contribution in [0.1, 0.15) is 71.9 Å². The molecule has 1 unspecified atom stereocenters. The molecule has 1 saturated carbocycles. The van der Waals surface area contributed by atoms with Gasteiger partial charge in [0.1, 0.15) is 0 Å². The minimum absolute atomic E-state index is 0.164. The Kier molecular flexibility index (Phi) is 5.21. The second-order valence-electron chi connectivity index (χ2n) is 8.44. The Balaban J connectivity index is 1.61. The van der Waals surface area contributed by atoms with E-state index < -0.39 is 11.2 Å². The fourth-order valence-electron chi connectivity index (χ4n) is 4.45. The number of rotatable bonds is 5. The molecule has 3 aromatic rings. The molecule has 1 saturated heterocycles. The van der Waals surface area contributed by atoms with Gasteiger partial charge in [0.15, 0.2) is 5.65 Å². The predicted octanol–water partition coefficient (Wildman–Crippen LogP) is 2.85. The van der Waals surface area contributed by atoms with Crippen molar-refractivity contribution in [1.29, 1.82) is 0 Å². The summed E-state index contributed by atoms with van der Waals surface area (Å²) in [5.41, 5.74) is 0.479. The number of pyridine rings is 1. The molecule has 5 rings (SSSR count). The topological polar surface area (TPSA) is 101 Å². The maximum Gasteiger partial charge on any atom is 0.329 e. The third kappa shape index (κ3) is 3.71. The molecule has 1 N–H and O–H groups in total. The molecule has 2 fully saturated rings. The molecule has 4 heterocycles. The highest BCUT2D eigenvalue weighted by Gasteiger charge is 2.32. The smallest absolute Gasteiger partial charge is 0.329 e. The summed E-state index contributed by atoms with van der Waals surface area (Å²) in [5, 5.41) is 3.23. The van der Waals surface area contributed by atoms with Gasteiger partial charge in [-0.15, -0.1) is 11.3 Å². The van der Waals surface area contributed by atoms with Gasteiger partial charge in [0.05, 0.1) is 16.0 Å². The lowest BCUT2D eigenvalue weighted by Crippen LogP contribution is -2.40. The number of nitrogens with zero attached hydrogens (tertiary/aromatic N) is 4. The van der Waals surface area contributed by atoms with Crippen LogP contribution in [0.25, 0.3) is 11.0 Å². The summed E-state index contributed by atoms with van der Waals surface area (Å²) in [5.74, 6) is 0.345. The summed E-state index contributed by atoms with van der Waals surface area (Å²) in [6.07, 6.45) is 6.45. The SMILES string of the molecule is CCCn1c(=O)[nH]c(=O)c2c(C(=O)N3CCCC(c4nccs4)C3)cc(C3CC3)nc21. The van der Waals surface area contributed by atoms with Crippen molar-refractivity contribution in [2.75, 3.05) is 13.1 Å². The molecule has 9 heteroatoms. The van der Waals surface area contributed by atoms with Gasteiger partial charge in [-0.05, 0) is 38.2 Å². The van der Waals surface area contributed by atoms with E-state index in [9.17, 15) is 14.4 Å². The number of carbonyl (C=O) groups is 1. The van der Waals surface area contributed by atoms with Gasteiger partial charge < -0.3 is 4.90 Å². The monoisotopic (exact) mass is 439 g/mol. The molecular formula is C22H25N5O3S. The molecular weight excluding hydrogens is 414 g/mol. The van der Waals surface area contributed by atoms with E-state index in [4.69, 9.17) is 0 Å². The molecule has 0 spiro atoms. The van der Waals surface area contributed by atoms with Gasteiger partial charge >= 0.3 is 5.69 Å². The van der Waals surface area contributed by atoms with Crippen molar-refractivity contribution in [3.8, 4) is 0 Å². The molecule has 1 aliphatic carbocycles. The number of aromatic amines is 1. The van der Waals surface area contributed by atoms with Crippen LogP contribution in [0.4, 0.5) is 0 Å². The largest absolute Gasteiger partial charge is 0.338 e. The van der Waals surface area contributed by atoms with Crippen LogP contribution in [0.2, 0.25) is 0 Å². The number of hydrogen-bond acceptors (Lipinski definition) is 6. The molecule has 0 bridgehead atoms. The van der Waals surface area contributed by atoms with E-state index in [1.807, 2.05) is 17.2 Å². The van der Waals surface area contributed by atoms with Gasteiger partial charge in [-0.2, -0.15) is 0 Å². The highest BCUT2D eigenvalue weighted by atomic mass is 32.1. The summed E-state index contributed by atoms with van der Waals surface area (Å²) in [6.45, 7) is 3.64. The highest BCUT2D eigenvalue weighted by molar-refractivity contribution is 7.09. The number of carbonyl (C=O) groups excluding carboxylic acids is 1. The molecule has 2 aliphatic rings. The standard InChI is InChI=1S/C22H25N5O3S/c1-2-8-27-18-17(19(28)25-22(27)30)15(11-16(24-18)13-5-6-13)21(29)26-9-3-4-14(12-26)20-23-7-10-31-20/h7,10-11,13-14H,2-6,8-9,12H2,1H3,(H,25,28,30). The third-order valence-electron chi connectivity index (χ3n) is 6.15. The molecule has 0 aromatic carbocycles. The summed E-state index contributed by atoms with van der Waals surface area (Å²) in [7, 11) is 0. The molecule has 31 heavy (non-hydrogen) atoms. The Hall–Kier alpha value is -2.81. The third-order valence-corrected chi connectivity index (χ3v) is 7.09. The van der Waals surface area contributed by atoms with Crippen LogP contribution >= 0.6 is 11.3 Å². The van der Waals surface area contributed by atoms with Gasteiger partial charge in [-0.25, -0.2) is 14.8 Å². The van der Waals surface area contributed by atoms with E-state index in [0.29, 0.717) is 36.8 Å². The number of aryl methyl sites for hydroxylation is 1. The Morgan fingerprint density at radius 1 is 1.26 bits per heavy atom. The van der Waals surface area contributed by atoms with Gasteiger partial charge in [0.25, 0.3) is 11.5 Å². The van der Waals surface area contributed by atoms with Crippen LogP contribution < -0.4 is 11.2 Å². The zero-order valence-electron chi connectivity index (χ0n) is 17.5. The Morgan fingerprint density at radius 2 is 2.10 bits per heavy atom. The van der Waals surface area contributed by atoms with E-state index in [0.717, 1.165) is 42.8 Å². The first-order valence-corrected chi connectivity index (χ1v) is 11.8. The number of piperidine rings is 1. The lowest BCUT2D eigenvalue weighted by molar-refractivity contribution is 0.0708. The zero-order valence-corrected chi connectivity index (χ0v) is 18.3. The van der Waals surface area contributed by atoms with E-state index in [-0.39, 0.29) is 17.2 Å². The minimum atomic E-state index is -0.543. The van der Waals surface area contributed by atoms with Gasteiger partial charge in [-0.1, -0.05) is 6.92 Å². The second-order valence-corrected chi connectivity index (χ2v) is 9.37. The van der Waals surface area contributed by atoms with Gasteiger partial charge in [0.2, 0.25) is 0 Å². The molecule has 1 amide bonds. The Labute approximate surface area is 183 Å². The summed E-state index contributed by atoms with van der Waals surface area (Å²) in [4.78, 5) is 52.3. The molecule has 162 valence electrons. The summed E-state index contributed by atoms with van der Waals surface area (Å²) < 4.78 is 1.49. The van der Waals surface area contributed by atoms with E-state index in [1.165, 1.54) is 4.57 Å². The first-order chi connectivity index (χ1) is 15.1. The maximum atomic E-state index is 13.7. The Bertz CT molecular complexity index is 1240. The van der Waals surface area contributed by atoms with Crippen molar-refractivity contribution >= 4 is 28.3 Å². The van der Waals surface area contributed by atoms with Gasteiger partial charge in [-0.3, -0.25) is 19.1 Å². The van der Waals surface area contributed by atoms with E-state index >= 15 is 0 Å². The summed E-state index contributed by atoms with van der Waals surface area (Å²) in [6, 6.07) is 1.78. The lowest BCUT2D eigenvalue weighted by atomic mass is 9.97. The van der Waals surface area contributed by atoms with Crippen molar-refractivity contribution < 1.29 is 4.79 Å². The second kappa shape index (κ2) is 8.03. The number of fused-ring (bicyclic) bond motifs is 1. The number of thiazole rings is 1. The van der Waals surface area contributed by atoms with Crippen molar-refractivity contribution in [3.63, 3.8) is 0 Å². The van der Waals surface area contributed by atoms with Crippen molar-refractivity contribution in [3.05, 3.63) is 54.7 Å². The number of nitrogens with one attached hydrogen (secondary N) is 1. The average molecular weight is 440 g/mol. The van der Waals surface area contributed by atoms with Crippen LogP contribution in [0.5, 0.6) is 0 Å². The Morgan fingerprint density at radius 3 is 2.81 bits per heavy atom. The van der Waals surface area contributed by atoms with Crippen LogP contribution in [0.15, 0.2) is 27.2 Å². The minimum Gasteiger partial charge on any atom is -0.338 e. The first kappa shape index (κ1) is 20.1. The molecule has 3 aromatic heterocycles. The quantitative estimate of drug-likeness (QED) is 0.659. The number of aromatic nitrogens is 4. The molecule has 1 atom stereocenters. The van der Waals surface area contributed by atoms with Crippen LogP contribution in [-0.2, 0) is 6.54 Å². The number of hydrogen-bond donors (Lipinski definition) is 1. The predicted molar refractivity (Wildman–Crippen MR) is 119 cm³/mol. The summed E-state index contributed by atoms with van der Waals surface area (Å²) >= 11 is 1.62. The molecule has 8 nitrogen and oxygen atoms in total. The molecule has 0 radical (unpaired) electrons. The zero-order chi connectivity index (χ0) is 21.5. The van der Waals surface area contributed by atoms with Crippen LogP contribution in [0.3, 0.4) is 0 Å². The number of likely N-dealkylation sites (tertiary alicyclic amines) is 1. The average Bonchev–Trinajstić information content (AvgIpc) is 3.49. The van der Waals surface area contributed by atoms with Crippen LogP contribution in [0, 0.1) is 0 Å². The van der Waals surface area contributed by atoms with Crippen molar-refractivity contribution in [2.24, 2.45) is 0 Å². The van der Waals surface area contributed by atoms with Crippen LogP contribution in [-0.4, -0.2) is 43.4 Å². The van der Waals surface area contributed by atoms with Gasteiger partial charge in [0, 0.05) is 48.7 Å². The number of amides is 1. The number of H-pyrrole nitrogens is 1. The lowest BCUT2D eigenvalue weighted by Gasteiger charge is -2.32. The van der Waals surface area contributed by atoms with E-state index in [1.54, 1.807) is 23.6 Å². The fraction of sp³-hybridized carbons (Fsp3) is 0.500. The normalized spacial score (nSPS) is 19.1. The molecule has 1 aliphatic heterocycles. The maximum absolute atomic E-state index is 13.7. The fourth-order valence-corrected chi connectivity index (χ4v) is 5.22. The van der Waals surface area contributed by atoms with Crippen molar-refractivity contribution in [1.82, 2.24) is 24.4 Å². The van der Waals surface area contributed by atoms with E-state index in [2.05, 4.69) is 15.0 Å². The first-order valence-electron chi connectivity index (χ1n) is 10.9. The highest BCUT2D eigenvalue weighted by Crippen LogP contribution is 2.40.